The van der Waals surface area contributed by atoms with E-state index >= 15 is 0 Å². The highest BCUT2D eigenvalue weighted by atomic mass is 16.6. The van der Waals surface area contributed by atoms with Crippen LogP contribution in [0.25, 0.3) is 0 Å². The van der Waals surface area contributed by atoms with E-state index in [-0.39, 0.29) is 23.3 Å². The summed E-state index contributed by atoms with van der Waals surface area (Å²) in [6.45, 7) is 5.90. The number of hydrogen-bond acceptors (Lipinski definition) is 3. The van der Waals surface area contributed by atoms with Gasteiger partial charge in [-0.15, -0.1) is 0 Å². The lowest BCUT2D eigenvalue weighted by molar-refractivity contribution is -0.384. The molecule has 0 unspecified atom stereocenters. The first-order chi connectivity index (χ1) is 8.20. The average molecular weight is 250 g/mol. The van der Waals surface area contributed by atoms with Crippen LogP contribution >= 0.6 is 0 Å². The molecule has 0 aromatic carbocycles. The minimum absolute atomic E-state index is 0.118. The van der Waals surface area contributed by atoms with E-state index in [2.05, 4.69) is 11.8 Å². The second-order valence-electron chi connectivity index (χ2n) is 4.83. The average Bonchev–Trinajstić information content (AvgIpc) is 2.59. The van der Waals surface area contributed by atoms with Crippen LogP contribution in [0.3, 0.4) is 0 Å². The second-order valence-corrected chi connectivity index (χ2v) is 4.83. The Morgan fingerprint density at radius 3 is 2.61 bits per heavy atom. The Bertz CT molecular complexity index is 541. The predicted molar refractivity (Wildman–Crippen MR) is 65.3 cm³/mol. The van der Waals surface area contributed by atoms with Crippen LogP contribution in [0.15, 0.2) is 12.3 Å². The Hall–Kier alpha value is -2.29. The monoisotopic (exact) mass is 250 g/mol. The van der Waals surface area contributed by atoms with Gasteiger partial charge >= 0.3 is 5.97 Å². The fraction of sp³-hybridized carbons (Fsp3) is 0.417. The first-order valence-corrected chi connectivity index (χ1v) is 5.28. The van der Waals surface area contributed by atoms with Crippen LogP contribution in [0.5, 0.6) is 0 Å². The molecule has 0 fully saturated rings. The molecule has 1 heterocycles. The number of aromatic nitrogens is 1. The van der Waals surface area contributed by atoms with Gasteiger partial charge in [0, 0.05) is 11.5 Å². The normalized spacial score (nSPS) is 10.6. The van der Waals surface area contributed by atoms with Crippen molar-refractivity contribution in [2.45, 2.75) is 27.3 Å². The van der Waals surface area contributed by atoms with Crippen LogP contribution in [0.2, 0.25) is 0 Å². The minimum atomic E-state index is -1.21. The first-order valence-electron chi connectivity index (χ1n) is 5.28. The summed E-state index contributed by atoms with van der Waals surface area (Å²) in [4.78, 5) is 20.9. The maximum atomic E-state index is 10.9. The first kappa shape index (κ1) is 13.8. The summed E-state index contributed by atoms with van der Waals surface area (Å²) in [5, 5.41) is 19.5. The van der Waals surface area contributed by atoms with Crippen molar-refractivity contribution in [2.75, 3.05) is 0 Å². The zero-order valence-electron chi connectivity index (χ0n) is 10.4. The molecule has 0 amide bonds. The second kappa shape index (κ2) is 4.92. The van der Waals surface area contributed by atoms with Crippen molar-refractivity contribution in [1.82, 2.24) is 4.57 Å². The molecule has 1 aromatic rings. The quantitative estimate of drug-likeness (QED) is 0.506. The van der Waals surface area contributed by atoms with E-state index in [1.165, 1.54) is 10.8 Å². The Kier molecular flexibility index (Phi) is 3.76. The Labute approximate surface area is 104 Å². The summed E-state index contributed by atoms with van der Waals surface area (Å²) in [6, 6.07) is 1.03. The molecule has 0 radical (unpaired) electrons. The molecule has 1 N–H and O–H groups in total. The van der Waals surface area contributed by atoms with Crippen LogP contribution in [0.4, 0.5) is 5.69 Å². The third kappa shape index (κ3) is 3.63. The lowest BCUT2D eigenvalue weighted by Gasteiger charge is -2.07. The number of hydrogen-bond donors (Lipinski definition) is 1. The van der Waals surface area contributed by atoms with Crippen molar-refractivity contribution in [3.8, 4) is 11.8 Å². The largest absolute Gasteiger partial charge is 0.477 e. The molecule has 0 saturated carbocycles. The lowest BCUT2D eigenvalue weighted by atomic mass is 9.98. The highest BCUT2D eigenvalue weighted by molar-refractivity contribution is 5.86. The number of rotatable bonds is 3. The summed E-state index contributed by atoms with van der Waals surface area (Å²) in [7, 11) is 0. The van der Waals surface area contributed by atoms with Crippen molar-refractivity contribution >= 4 is 11.7 Å². The number of carbonyl (C=O) groups is 1. The fourth-order valence-electron chi connectivity index (χ4n) is 1.29. The van der Waals surface area contributed by atoms with E-state index in [1.54, 1.807) is 0 Å². The number of nitro groups is 1. The van der Waals surface area contributed by atoms with E-state index in [4.69, 9.17) is 5.11 Å². The Balaban J connectivity index is 3.03. The summed E-state index contributed by atoms with van der Waals surface area (Å²) in [5.74, 6) is 4.55. The molecule has 96 valence electrons. The highest BCUT2D eigenvalue weighted by Crippen LogP contribution is 2.16. The zero-order chi connectivity index (χ0) is 13.9. The topological polar surface area (TPSA) is 85.4 Å². The standard InChI is InChI=1S/C12H14N2O4/c1-12(2,3)5-4-6-13-8-9(14(17)18)7-10(13)11(15)16/h7-8H,6H2,1-3H3,(H,15,16). The number of aromatic carboxylic acids is 1. The third-order valence-electron chi connectivity index (χ3n) is 2.02. The molecule has 0 spiro atoms. The Morgan fingerprint density at radius 2 is 2.17 bits per heavy atom. The van der Waals surface area contributed by atoms with Gasteiger partial charge in [0.25, 0.3) is 5.69 Å². The van der Waals surface area contributed by atoms with Gasteiger partial charge in [0.1, 0.15) is 5.69 Å². The van der Waals surface area contributed by atoms with Gasteiger partial charge in [-0.1, -0.05) is 11.8 Å². The van der Waals surface area contributed by atoms with Crippen LogP contribution in [-0.4, -0.2) is 20.6 Å². The molecule has 0 aliphatic carbocycles. The molecular weight excluding hydrogens is 236 g/mol. The van der Waals surface area contributed by atoms with Gasteiger partial charge in [0.2, 0.25) is 0 Å². The van der Waals surface area contributed by atoms with Crippen molar-refractivity contribution in [3.05, 3.63) is 28.1 Å². The molecule has 0 bridgehead atoms. The van der Waals surface area contributed by atoms with Gasteiger partial charge < -0.3 is 9.67 Å². The maximum absolute atomic E-state index is 10.9. The summed E-state index contributed by atoms with van der Waals surface area (Å²) in [6.07, 6.45) is 1.18. The van der Waals surface area contributed by atoms with Crippen LogP contribution in [-0.2, 0) is 6.54 Å². The van der Waals surface area contributed by atoms with Gasteiger partial charge in [-0.3, -0.25) is 10.1 Å². The van der Waals surface area contributed by atoms with E-state index < -0.39 is 10.9 Å². The van der Waals surface area contributed by atoms with E-state index in [9.17, 15) is 14.9 Å². The maximum Gasteiger partial charge on any atom is 0.352 e. The molecule has 0 saturated heterocycles. The van der Waals surface area contributed by atoms with Crippen molar-refractivity contribution in [3.63, 3.8) is 0 Å². The van der Waals surface area contributed by atoms with E-state index in [0.717, 1.165) is 6.07 Å². The van der Waals surface area contributed by atoms with Crippen LogP contribution < -0.4 is 0 Å². The lowest BCUT2D eigenvalue weighted by Crippen LogP contribution is -2.07. The van der Waals surface area contributed by atoms with Gasteiger partial charge in [-0.25, -0.2) is 4.79 Å². The van der Waals surface area contributed by atoms with Gasteiger partial charge in [-0.2, -0.15) is 0 Å². The summed E-state index contributed by atoms with van der Waals surface area (Å²) < 4.78 is 1.26. The molecule has 1 aromatic heterocycles. The van der Waals surface area contributed by atoms with Crippen molar-refractivity contribution < 1.29 is 14.8 Å². The van der Waals surface area contributed by atoms with Crippen molar-refractivity contribution in [1.29, 1.82) is 0 Å². The molecule has 18 heavy (non-hydrogen) atoms. The molecule has 0 atom stereocenters. The fourth-order valence-corrected chi connectivity index (χ4v) is 1.29. The molecule has 0 aliphatic rings. The molecule has 6 heteroatoms. The number of carboxylic acid groups (broad SMARTS) is 1. The van der Waals surface area contributed by atoms with E-state index in [0.29, 0.717) is 0 Å². The molecule has 6 nitrogen and oxygen atoms in total. The number of nitrogens with zero attached hydrogens (tertiary/aromatic N) is 2. The van der Waals surface area contributed by atoms with Crippen LogP contribution in [0, 0.1) is 27.4 Å². The smallest absolute Gasteiger partial charge is 0.352 e. The van der Waals surface area contributed by atoms with Crippen LogP contribution in [0.1, 0.15) is 31.3 Å². The van der Waals surface area contributed by atoms with Gasteiger partial charge in [0.15, 0.2) is 0 Å². The third-order valence-corrected chi connectivity index (χ3v) is 2.02. The summed E-state index contributed by atoms with van der Waals surface area (Å²) >= 11 is 0. The molecule has 1 rings (SSSR count). The van der Waals surface area contributed by atoms with Crippen molar-refractivity contribution in [2.24, 2.45) is 5.41 Å². The highest BCUT2D eigenvalue weighted by Gasteiger charge is 2.18. The van der Waals surface area contributed by atoms with E-state index in [1.807, 2.05) is 20.8 Å². The predicted octanol–water partition coefficient (Wildman–Crippen LogP) is 2.14. The minimum Gasteiger partial charge on any atom is -0.477 e. The zero-order valence-corrected chi connectivity index (χ0v) is 10.4. The molecular formula is C12H14N2O4. The number of carboxylic acids is 1. The SMILES string of the molecule is CC(C)(C)C#CCn1cc([N+](=O)[O-])cc1C(=O)O. The summed E-state index contributed by atoms with van der Waals surface area (Å²) in [5.41, 5.74) is -0.572. The van der Waals surface area contributed by atoms with Gasteiger partial charge in [-0.05, 0) is 20.8 Å². The Morgan fingerprint density at radius 1 is 1.56 bits per heavy atom. The van der Waals surface area contributed by atoms with Gasteiger partial charge in [0.05, 0.1) is 17.7 Å². The molecule has 0 aliphatic heterocycles.